The molecule has 0 unspecified atom stereocenters. The number of rotatable bonds is 1. The predicted molar refractivity (Wildman–Crippen MR) is 62.0 cm³/mol. The van der Waals surface area contributed by atoms with E-state index in [4.69, 9.17) is 10.00 Å². The van der Waals surface area contributed by atoms with E-state index in [1.807, 2.05) is 18.2 Å². The quantitative estimate of drug-likeness (QED) is 0.590. The second kappa shape index (κ2) is 4.28. The van der Waals surface area contributed by atoms with Gasteiger partial charge in [-0.3, -0.25) is 0 Å². The molecule has 14 heavy (non-hydrogen) atoms. The average Bonchev–Trinajstić information content (AvgIpc) is 2.61. The Labute approximate surface area is 97.0 Å². The Balaban J connectivity index is 2.19. The van der Waals surface area contributed by atoms with Crippen molar-refractivity contribution in [2.45, 2.75) is 10.0 Å². The minimum absolute atomic E-state index is 0.0285. The van der Waals surface area contributed by atoms with Gasteiger partial charge in [-0.1, -0.05) is 52.9 Å². The zero-order valence-electron chi connectivity index (χ0n) is 7.56. The molecule has 2 rings (SSSR count). The number of ether oxygens (including phenoxy) is 1. The molecule has 0 amide bonds. The van der Waals surface area contributed by atoms with E-state index in [0.29, 0.717) is 6.61 Å². The van der Waals surface area contributed by atoms with Crippen LogP contribution in [0.15, 0.2) is 30.3 Å². The van der Waals surface area contributed by atoms with E-state index < -0.39 is 0 Å². The summed E-state index contributed by atoms with van der Waals surface area (Å²) in [5.41, 5.74) is 1.17. The Hall–Kier alpha value is -0.600. The minimum atomic E-state index is 0.0285. The highest BCUT2D eigenvalue weighted by Crippen LogP contribution is 2.37. The molecule has 2 nitrogen and oxygen atoms in total. The summed E-state index contributed by atoms with van der Waals surface area (Å²) in [7, 11) is 0. The fourth-order valence-corrected chi connectivity index (χ4v) is 2.62. The molecule has 72 valence electrons. The molecule has 0 saturated carbocycles. The molecule has 0 aromatic heterocycles. The Kier molecular flexibility index (Phi) is 3.04. The molecule has 1 saturated heterocycles. The lowest BCUT2D eigenvalue weighted by atomic mass is 10.0. The Bertz CT molecular complexity index is 346. The standard InChI is InChI=1S/C11H10INO/c12-10-9(6-13)7-14-11(10)8-4-2-1-3-5-8/h1-5,9-11H,7H2/t9-,10-,11+/m0/s1. The SMILES string of the molecule is N#C[C@H]1CO[C@H](c2ccccc2)[C@H]1I. The molecule has 1 heterocycles. The minimum Gasteiger partial charge on any atom is -0.371 e. The molecule has 1 fully saturated rings. The molecule has 3 heteroatoms. The zero-order valence-corrected chi connectivity index (χ0v) is 9.72. The molecule has 1 aliphatic rings. The molecular formula is C11H10INO. The second-order valence-corrected chi connectivity index (χ2v) is 4.78. The third-order valence-electron chi connectivity index (χ3n) is 2.42. The first kappa shape index (κ1) is 9.94. The van der Waals surface area contributed by atoms with Crippen LogP contribution < -0.4 is 0 Å². The molecule has 0 bridgehead atoms. The van der Waals surface area contributed by atoms with Crippen molar-refractivity contribution in [3.8, 4) is 6.07 Å². The molecular weight excluding hydrogens is 289 g/mol. The van der Waals surface area contributed by atoms with Gasteiger partial charge in [-0.05, 0) is 5.56 Å². The topological polar surface area (TPSA) is 33.0 Å². The van der Waals surface area contributed by atoms with E-state index in [1.54, 1.807) is 0 Å². The fourth-order valence-electron chi connectivity index (χ4n) is 1.63. The highest BCUT2D eigenvalue weighted by molar-refractivity contribution is 14.1. The van der Waals surface area contributed by atoms with Crippen molar-refractivity contribution in [2.75, 3.05) is 6.61 Å². The van der Waals surface area contributed by atoms with Crippen LogP contribution in [0.2, 0.25) is 0 Å². The monoisotopic (exact) mass is 299 g/mol. The lowest BCUT2D eigenvalue weighted by Gasteiger charge is -2.13. The van der Waals surface area contributed by atoms with Crippen LogP contribution in [0.3, 0.4) is 0 Å². The lowest BCUT2D eigenvalue weighted by Crippen LogP contribution is -2.12. The molecule has 0 radical (unpaired) electrons. The maximum Gasteiger partial charge on any atom is 0.0956 e. The van der Waals surface area contributed by atoms with E-state index in [0.717, 1.165) is 0 Å². The number of hydrogen-bond acceptors (Lipinski definition) is 2. The number of benzene rings is 1. The van der Waals surface area contributed by atoms with Crippen molar-refractivity contribution >= 4 is 22.6 Å². The number of nitrogens with zero attached hydrogens (tertiary/aromatic N) is 1. The molecule has 0 spiro atoms. The van der Waals surface area contributed by atoms with Gasteiger partial charge in [-0.25, -0.2) is 0 Å². The summed E-state index contributed by atoms with van der Waals surface area (Å²) < 4.78 is 5.89. The summed E-state index contributed by atoms with van der Waals surface area (Å²) >= 11 is 2.31. The largest absolute Gasteiger partial charge is 0.371 e. The second-order valence-electron chi connectivity index (χ2n) is 3.34. The van der Waals surface area contributed by atoms with Gasteiger partial charge in [0.15, 0.2) is 0 Å². The maximum absolute atomic E-state index is 8.87. The first-order valence-corrected chi connectivity index (χ1v) is 5.77. The van der Waals surface area contributed by atoms with Gasteiger partial charge in [0.2, 0.25) is 0 Å². The molecule has 0 aliphatic carbocycles. The number of hydrogen-bond donors (Lipinski definition) is 0. The maximum atomic E-state index is 8.87. The average molecular weight is 299 g/mol. The van der Waals surface area contributed by atoms with Crippen LogP contribution in [0.1, 0.15) is 11.7 Å². The normalized spacial score (nSPS) is 31.3. The summed E-state index contributed by atoms with van der Waals surface area (Å²) in [5.74, 6) is 0.0285. The van der Waals surface area contributed by atoms with Gasteiger partial charge < -0.3 is 4.74 Å². The van der Waals surface area contributed by atoms with Gasteiger partial charge >= 0.3 is 0 Å². The van der Waals surface area contributed by atoms with Crippen molar-refractivity contribution in [1.29, 1.82) is 5.26 Å². The highest BCUT2D eigenvalue weighted by atomic mass is 127. The predicted octanol–water partition coefficient (Wildman–Crippen LogP) is 2.70. The molecule has 1 aliphatic heterocycles. The summed E-state index contributed by atoms with van der Waals surface area (Å²) in [6, 6.07) is 12.4. The third kappa shape index (κ3) is 1.77. The summed E-state index contributed by atoms with van der Waals surface area (Å²) in [6.45, 7) is 0.559. The number of halogens is 1. The van der Waals surface area contributed by atoms with Crippen LogP contribution in [-0.2, 0) is 4.74 Å². The molecule has 0 N–H and O–H groups in total. The van der Waals surface area contributed by atoms with Gasteiger partial charge in [-0.2, -0.15) is 5.26 Å². The smallest absolute Gasteiger partial charge is 0.0956 e. The molecule has 1 aromatic carbocycles. The number of nitriles is 1. The van der Waals surface area contributed by atoms with E-state index in [1.165, 1.54) is 5.56 Å². The third-order valence-corrected chi connectivity index (χ3v) is 3.94. The highest BCUT2D eigenvalue weighted by Gasteiger charge is 2.36. The van der Waals surface area contributed by atoms with Gasteiger partial charge in [0, 0.05) is 0 Å². The Morgan fingerprint density at radius 2 is 2.07 bits per heavy atom. The van der Waals surface area contributed by atoms with Crippen LogP contribution in [0, 0.1) is 17.2 Å². The van der Waals surface area contributed by atoms with E-state index in [-0.39, 0.29) is 15.9 Å². The van der Waals surface area contributed by atoms with E-state index >= 15 is 0 Å². The summed E-state index contributed by atoms with van der Waals surface area (Å²) in [6.07, 6.45) is 0.0847. The Morgan fingerprint density at radius 3 is 2.64 bits per heavy atom. The zero-order chi connectivity index (χ0) is 9.97. The molecule has 1 aromatic rings. The van der Waals surface area contributed by atoms with E-state index in [9.17, 15) is 0 Å². The van der Waals surface area contributed by atoms with Crippen molar-refractivity contribution < 1.29 is 4.74 Å². The van der Waals surface area contributed by atoms with Crippen LogP contribution in [0.4, 0.5) is 0 Å². The van der Waals surface area contributed by atoms with Crippen LogP contribution >= 0.6 is 22.6 Å². The lowest BCUT2D eigenvalue weighted by molar-refractivity contribution is 0.112. The van der Waals surface area contributed by atoms with Gasteiger partial charge in [-0.15, -0.1) is 0 Å². The van der Waals surface area contributed by atoms with Crippen LogP contribution in [-0.4, -0.2) is 10.5 Å². The van der Waals surface area contributed by atoms with E-state index in [2.05, 4.69) is 40.8 Å². The van der Waals surface area contributed by atoms with Crippen molar-refractivity contribution in [2.24, 2.45) is 5.92 Å². The van der Waals surface area contributed by atoms with Crippen LogP contribution in [0.5, 0.6) is 0 Å². The Morgan fingerprint density at radius 1 is 1.36 bits per heavy atom. The molecule has 3 atom stereocenters. The fraction of sp³-hybridized carbons (Fsp3) is 0.364. The number of alkyl halides is 1. The summed E-state index contributed by atoms with van der Waals surface area (Å²) in [5, 5.41) is 8.87. The summed E-state index contributed by atoms with van der Waals surface area (Å²) in [4.78, 5) is 0. The van der Waals surface area contributed by atoms with Gasteiger partial charge in [0.1, 0.15) is 0 Å². The van der Waals surface area contributed by atoms with Crippen molar-refractivity contribution in [1.82, 2.24) is 0 Å². The van der Waals surface area contributed by atoms with Crippen molar-refractivity contribution in [3.63, 3.8) is 0 Å². The first-order valence-electron chi connectivity index (χ1n) is 4.53. The van der Waals surface area contributed by atoms with Gasteiger partial charge in [0.05, 0.1) is 28.6 Å². The van der Waals surface area contributed by atoms with Crippen molar-refractivity contribution in [3.05, 3.63) is 35.9 Å². The van der Waals surface area contributed by atoms with Crippen LogP contribution in [0.25, 0.3) is 0 Å². The first-order chi connectivity index (χ1) is 6.83. The van der Waals surface area contributed by atoms with Gasteiger partial charge in [0.25, 0.3) is 0 Å².